The monoisotopic (exact) mass is 452 g/mol. The summed E-state index contributed by atoms with van der Waals surface area (Å²) in [6.45, 7) is 0. The van der Waals surface area contributed by atoms with Crippen molar-refractivity contribution in [3.8, 4) is 0 Å². The van der Waals surface area contributed by atoms with E-state index in [1.165, 1.54) is 40.3 Å². The fraction of sp³-hybridized carbons (Fsp3) is 0.241. The van der Waals surface area contributed by atoms with Crippen LogP contribution in [0.25, 0.3) is 10.8 Å². The van der Waals surface area contributed by atoms with Gasteiger partial charge in [-0.2, -0.15) is 0 Å². The van der Waals surface area contributed by atoms with Crippen LogP contribution in [0.5, 0.6) is 0 Å². The van der Waals surface area contributed by atoms with Crippen LogP contribution in [0.4, 0.5) is 0 Å². The van der Waals surface area contributed by atoms with Gasteiger partial charge in [-0.25, -0.2) is 0 Å². The van der Waals surface area contributed by atoms with E-state index >= 15 is 0 Å². The van der Waals surface area contributed by atoms with Gasteiger partial charge in [0.2, 0.25) is 0 Å². The van der Waals surface area contributed by atoms with E-state index in [-0.39, 0.29) is 5.41 Å². The van der Waals surface area contributed by atoms with Gasteiger partial charge in [-0.05, 0) is 63.8 Å². The van der Waals surface area contributed by atoms with E-state index in [9.17, 15) is 0 Å². The molecule has 6 rings (SSSR count). The van der Waals surface area contributed by atoms with E-state index in [4.69, 9.17) is 0 Å². The summed E-state index contributed by atoms with van der Waals surface area (Å²) in [7, 11) is 0. The summed E-state index contributed by atoms with van der Waals surface area (Å²) in [4.78, 5) is 0. The average molecular weight is 453 g/mol. The van der Waals surface area contributed by atoms with Gasteiger partial charge >= 0.3 is 0 Å². The molecule has 4 aromatic carbocycles. The van der Waals surface area contributed by atoms with Crippen molar-refractivity contribution in [3.63, 3.8) is 0 Å². The molecule has 0 unspecified atom stereocenters. The third kappa shape index (κ3) is 2.65. The van der Waals surface area contributed by atoms with Crippen LogP contribution in [0, 0.1) is 5.92 Å². The average Bonchev–Trinajstić information content (AvgIpc) is 2.80. The van der Waals surface area contributed by atoms with Crippen molar-refractivity contribution in [2.75, 3.05) is 5.33 Å². The maximum atomic E-state index is 3.97. The fourth-order valence-electron chi connectivity index (χ4n) is 6.34. The highest BCUT2D eigenvalue weighted by atomic mass is 79.9. The molecule has 0 aromatic heterocycles. The first-order chi connectivity index (χ1) is 14.8. The SMILES string of the molecule is BrC[C@@H]1c2ccccc2C[C@@H]2Cc3ccccc3C[C@@]21c1ccc2ccccc2c1. The van der Waals surface area contributed by atoms with Crippen LogP contribution >= 0.6 is 15.9 Å². The van der Waals surface area contributed by atoms with Gasteiger partial charge in [-0.1, -0.05) is 107 Å². The molecule has 0 bridgehead atoms. The Morgan fingerprint density at radius 2 is 1.37 bits per heavy atom. The van der Waals surface area contributed by atoms with E-state index in [1.54, 1.807) is 11.1 Å². The molecule has 148 valence electrons. The highest BCUT2D eigenvalue weighted by Crippen LogP contribution is 2.56. The topological polar surface area (TPSA) is 0 Å². The molecule has 0 nitrogen and oxygen atoms in total. The largest absolute Gasteiger partial charge is 0.0921 e. The normalized spacial score (nSPS) is 24.7. The number of hydrogen-bond donors (Lipinski definition) is 0. The molecule has 0 saturated heterocycles. The lowest BCUT2D eigenvalue weighted by molar-refractivity contribution is 0.190. The number of fused-ring (bicyclic) bond motifs is 4. The summed E-state index contributed by atoms with van der Waals surface area (Å²) in [6, 6.07) is 34.3. The van der Waals surface area contributed by atoms with Crippen molar-refractivity contribution in [1.82, 2.24) is 0 Å². The summed E-state index contributed by atoms with van der Waals surface area (Å²) in [5.74, 6) is 1.09. The molecule has 0 spiro atoms. The first-order valence-corrected chi connectivity index (χ1v) is 12.1. The Kier molecular flexibility index (Phi) is 4.35. The smallest absolute Gasteiger partial charge is 0.0109 e. The molecular weight excluding hydrogens is 428 g/mol. The second-order valence-corrected chi connectivity index (χ2v) is 9.71. The van der Waals surface area contributed by atoms with Crippen molar-refractivity contribution in [3.05, 3.63) is 119 Å². The van der Waals surface area contributed by atoms with Crippen LogP contribution in [-0.4, -0.2) is 5.33 Å². The molecule has 0 aliphatic heterocycles. The lowest BCUT2D eigenvalue weighted by atomic mass is 9.50. The molecule has 1 heteroatoms. The molecule has 0 heterocycles. The van der Waals surface area contributed by atoms with Crippen LogP contribution in [0.2, 0.25) is 0 Å². The summed E-state index contributed by atoms with van der Waals surface area (Å²) in [5.41, 5.74) is 7.80. The third-order valence-corrected chi connectivity index (χ3v) is 8.40. The molecule has 0 radical (unpaired) electrons. The van der Waals surface area contributed by atoms with Crippen molar-refractivity contribution in [1.29, 1.82) is 0 Å². The van der Waals surface area contributed by atoms with Crippen molar-refractivity contribution in [2.24, 2.45) is 5.92 Å². The predicted molar refractivity (Wildman–Crippen MR) is 130 cm³/mol. The summed E-state index contributed by atoms with van der Waals surface area (Å²) >= 11 is 3.97. The second kappa shape index (κ2) is 7.10. The van der Waals surface area contributed by atoms with E-state index in [2.05, 4.69) is 107 Å². The number of benzene rings is 4. The highest BCUT2D eigenvalue weighted by molar-refractivity contribution is 9.09. The Bertz CT molecular complexity index is 1240. The number of rotatable bonds is 2. The van der Waals surface area contributed by atoms with Gasteiger partial charge in [0.1, 0.15) is 0 Å². The molecule has 3 atom stereocenters. The Hall–Kier alpha value is -2.38. The Morgan fingerprint density at radius 1 is 0.700 bits per heavy atom. The zero-order chi connectivity index (χ0) is 20.1. The molecule has 2 aliphatic carbocycles. The second-order valence-electron chi connectivity index (χ2n) is 9.06. The maximum Gasteiger partial charge on any atom is 0.0109 e. The van der Waals surface area contributed by atoms with E-state index in [0.29, 0.717) is 11.8 Å². The molecule has 30 heavy (non-hydrogen) atoms. The van der Waals surface area contributed by atoms with Crippen molar-refractivity contribution < 1.29 is 0 Å². The maximum absolute atomic E-state index is 3.97. The van der Waals surface area contributed by atoms with Crippen LogP contribution in [0.1, 0.15) is 33.7 Å². The molecule has 2 aliphatic rings. The molecular formula is C29H25Br. The lowest BCUT2D eigenvalue weighted by Gasteiger charge is -2.53. The lowest BCUT2D eigenvalue weighted by Crippen LogP contribution is -2.51. The number of halogens is 1. The summed E-state index contributed by atoms with van der Waals surface area (Å²) in [5, 5.41) is 3.68. The standard InChI is InChI=1S/C29H25Br/c30-19-28-27-12-6-5-10-23(27)17-26-16-22-9-3-4-11-24(22)18-29(26,28)25-14-13-20-7-1-2-8-21(20)15-25/h1-15,26,28H,16-19H2/t26-,28+,29+/m0/s1. The number of hydrogen-bond acceptors (Lipinski definition) is 0. The van der Waals surface area contributed by atoms with Crippen molar-refractivity contribution in [2.45, 2.75) is 30.6 Å². The Balaban J connectivity index is 1.62. The summed E-state index contributed by atoms with van der Waals surface area (Å²) in [6.07, 6.45) is 3.46. The van der Waals surface area contributed by atoms with Crippen LogP contribution in [0.3, 0.4) is 0 Å². The fourth-order valence-corrected chi connectivity index (χ4v) is 7.27. The highest BCUT2D eigenvalue weighted by Gasteiger charge is 2.52. The first kappa shape index (κ1) is 18.4. The minimum Gasteiger partial charge on any atom is -0.0921 e. The molecule has 0 amide bonds. The molecule has 0 saturated carbocycles. The van der Waals surface area contributed by atoms with Crippen LogP contribution < -0.4 is 0 Å². The van der Waals surface area contributed by atoms with E-state index < -0.39 is 0 Å². The quantitative estimate of drug-likeness (QED) is 0.281. The van der Waals surface area contributed by atoms with Gasteiger partial charge in [-0.15, -0.1) is 0 Å². The van der Waals surface area contributed by atoms with Gasteiger partial charge < -0.3 is 0 Å². The minimum absolute atomic E-state index is 0.121. The summed E-state index contributed by atoms with van der Waals surface area (Å²) < 4.78 is 0. The van der Waals surface area contributed by atoms with Crippen LogP contribution in [-0.2, 0) is 24.7 Å². The molecule has 0 N–H and O–H groups in total. The van der Waals surface area contributed by atoms with Gasteiger partial charge in [0.25, 0.3) is 0 Å². The van der Waals surface area contributed by atoms with Gasteiger partial charge in [0, 0.05) is 16.7 Å². The van der Waals surface area contributed by atoms with Gasteiger partial charge in [0.15, 0.2) is 0 Å². The zero-order valence-corrected chi connectivity index (χ0v) is 18.6. The Labute approximate surface area is 187 Å². The van der Waals surface area contributed by atoms with Gasteiger partial charge in [0.05, 0.1) is 0 Å². The van der Waals surface area contributed by atoms with E-state index in [0.717, 1.165) is 11.8 Å². The molecule has 4 aromatic rings. The Morgan fingerprint density at radius 3 is 2.20 bits per heavy atom. The van der Waals surface area contributed by atoms with E-state index in [1.807, 2.05) is 0 Å². The third-order valence-electron chi connectivity index (χ3n) is 7.76. The van der Waals surface area contributed by atoms with Crippen molar-refractivity contribution >= 4 is 26.7 Å². The minimum atomic E-state index is 0.121. The zero-order valence-electron chi connectivity index (χ0n) is 17.0. The number of alkyl halides is 1. The molecule has 0 fully saturated rings. The van der Waals surface area contributed by atoms with Crippen LogP contribution in [0.15, 0.2) is 91.0 Å². The predicted octanol–water partition coefficient (Wildman–Crippen LogP) is 7.23. The first-order valence-electron chi connectivity index (χ1n) is 11.0. The van der Waals surface area contributed by atoms with Gasteiger partial charge in [-0.3, -0.25) is 0 Å².